The minimum Gasteiger partial charge on any atom is -0.366 e. The molecule has 0 radical (unpaired) electrons. The minimum atomic E-state index is -4.46. The number of nitrogens with one attached hydrogen (secondary N) is 1. The Morgan fingerprint density at radius 3 is 2.81 bits per heavy atom. The van der Waals surface area contributed by atoms with Crippen molar-refractivity contribution in [1.82, 2.24) is 25.1 Å². The summed E-state index contributed by atoms with van der Waals surface area (Å²) < 4.78 is 44.0. The Morgan fingerprint density at radius 1 is 1.29 bits per heavy atom. The molecule has 0 aromatic carbocycles. The molecule has 11 heteroatoms. The third-order valence-electron chi connectivity index (χ3n) is 6.83. The van der Waals surface area contributed by atoms with Gasteiger partial charge in [0.1, 0.15) is 18.1 Å². The zero-order chi connectivity index (χ0) is 21.8. The lowest BCUT2D eigenvalue weighted by atomic mass is 9.57. The van der Waals surface area contributed by atoms with E-state index >= 15 is 0 Å². The van der Waals surface area contributed by atoms with Crippen molar-refractivity contribution in [3.8, 4) is 0 Å². The normalized spacial score (nSPS) is 27.9. The molecule has 1 aliphatic carbocycles. The molecule has 4 fully saturated rings. The van der Waals surface area contributed by atoms with Gasteiger partial charge in [-0.2, -0.15) is 13.2 Å². The summed E-state index contributed by atoms with van der Waals surface area (Å²) >= 11 is 0. The van der Waals surface area contributed by atoms with Crippen LogP contribution in [0.3, 0.4) is 0 Å². The third-order valence-corrected chi connectivity index (χ3v) is 6.83. The van der Waals surface area contributed by atoms with Crippen molar-refractivity contribution >= 4 is 11.9 Å². The number of amides is 3. The molecule has 1 aromatic rings. The summed E-state index contributed by atoms with van der Waals surface area (Å²) in [5.74, 6) is 0.316. The summed E-state index contributed by atoms with van der Waals surface area (Å²) in [6.45, 7) is 2.47. The molecule has 1 aromatic heterocycles. The van der Waals surface area contributed by atoms with E-state index in [9.17, 15) is 22.8 Å². The predicted molar refractivity (Wildman–Crippen MR) is 101 cm³/mol. The first kappa shape index (κ1) is 20.5. The van der Waals surface area contributed by atoms with Crippen molar-refractivity contribution < 1.29 is 27.5 Å². The van der Waals surface area contributed by atoms with Crippen LogP contribution in [0.2, 0.25) is 0 Å². The van der Waals surface area contributed by atoms with Gasteiger partial charge in [0.15, 0.2) is 0 Å². The highest BCUT2D eigenvalue weighted by atomic mass is 19.4. The molecule has 8 nitrogen and oxygen atoms in total. The van der Waals surface area contributed by atoms with E-state index in [-0.39, 0.29) is 47.8 Å². The van der Waals surface area contributed by atoms with E-state index in [1.807, 2.05) is 4.90 Å². The number of urea groups is 1. The van der Waals surface area contributed by atoms with Gasteiger partial charge in [0.05, 0.1) is 12.1 Å². The van der Waals surface area contributed by atoms with E-state index in [1.165, 1.54) is 0 Å². The lowest BCUT2D eigenvalue weighted by Crippen LogP contribution is -2.68. The number of rotatable bonds is 2. The maximum Gasteiger partial charge on any atom is 0.433 e. The summed E-state index contributed by atoms with van der Waals surface area (Å²) in [4.78, 5) is 35.6. The second-order valence-electron chi connectivity index (χ2n) is 9.23. The molecule has 0 bridgehead atoms. The number of fused-ring (bicyclic) bond motifs is 1. The SMILES string of the molecule is O=C1CO[C@H]2CCN(C(=O)N3CC4(CC(Cc5nccc(C(F)(F)F)n5)C4)C3)C[C@H]2N1. The summed E-state index contributed by atoms with van der Waals surface area (Å²) in [5.41, 5.74) is -0.835. The molecule has 5 rings (SSSR count). The number of hydrogen-bond acceptors (Lipinski definition) is 5. The third kappa shape index (κ3) is 3.95. The van der Waals surface area contributed by atoms with Crippen LogP contribution in [0.25, 0.3) is 0 Å². The van der Waals surface area contributed by atoms with E-state index in [0.29, 0.717) is 39.0 Å². The van der Waals surface area contributed by atoms with Gasteiger partial charge in [-0.3, -0.25) is 4.79 Å². The predicted octanol–water partition coefficient (Wildman–Crippen LogP) is 1.46. The molecule has 168 valence electrons. The van der Waals surface area contributed by atoms with Crippen LogP contribution in [-0.4, -0.2) is 76.6 Å². The van der Waals surface area contributed by atoms with E-state index < -0.39 is 11.9 Å². The fourth-order valence-electron chi connectivity index (χ4n) is 5.45. The largest absolute Gasteiger partial charge is 0.433 e. The highest BCUT2D eigenvalue weighted by molar-refractivity contribution is 5.79. The fraction of sp³-hybridized carbons (Fsp3) is 0.700. The molecular formula is C20H24F3N5O3. The standard InChI is InChI=1S/C20H24F3N5O3/c21-20(22,23)15-1-3-24-16(26-15)5-12-6-19(7-12)10-28(11-19)18(30)27-4-2-14-13(8-27)25-17(29)9-31-14/h1,3,12-14H,2,4-11H2,(H,25,29)/t13-,14+/m1/s1. The number of halogens is 3. The summed E-state index contributed by atoms with van der Waals surface area (Å²) in [6, 6.07) is 0.706. The molecule has 4 heterocycles. The van der Waals surface area contributed by atoms with Gasteiger partial charge >= 0.3 is 12.2 Å². The van der Waals surface area contributed by atoms with Gasteiger partial charge in [0, 0.05) is 44.2 Å². The fourth-order valence-corrected chi connectivity index (χ4v) is 5.45. The van der Waals surface area contributed by atoms with Crippen LogP contribution < -0.4 is 5.32 Å². The van der Waals surface area contributed by atoms with Crippen LogP contribution in [0.15, 0.2) is 12.3 Å². The van der Waals surface area contributed by atoms with Gasteiger partial charge in [-0.15, -0.1) is 0 Å². The zero-order valence-corrected chi connectivity index (χ0v) is 16.9. The Hall–Kier alpha value is -2.43. The van der Waals surface area contributed by atoms with Gasteiger partial charge in [-0.05, 0) is 31.2 Å². The number of likely N-dealkylation sites (tertiary alicyclic amines) is 2. The quantitative estimate of drug-likeness (QED) is 0.754. The van der Waals surface area contributed by atoms with Crippen molar-refractivity contribution in [2.45, 2.75) is 44.0 Å². The number of nitrogens with zero attached hydrogens (tertiary/aromatic N) is 4. The second kappa shape index (κ2) is 7.32. The smallest absolute Gasteiger partial charge is 0.366 e. The number of aromatic nitrogens is 2. The number of hydrogen-bond donors (Lipinski definition) is 1. The number of carbonyl (C=O) groups is 2. The first-order chi connectivity index (χ1) is 14.7. The Morgan fingerprint density at radius 2 is 2.06 bits per heavy atom. The first-order valence-electron chi connectivity index (χ1n) is 10.5. The number of piperidine rings is 1. The Kier molecular flexibility index (Phi) is 4.83. The summed E-state index contributed by atoms with van der Waals surface area (Å²) in [6.07, 6.45) is -0.477. The van der Waals surface area contributed by atoms with Crippen molar-refractivity contribution in [2.24, 2.45) is 11.3 Å². The van der Waals surface area contributed by atoms with Crippen LogP contribution in [0.4, 0.5) is 18.0 Å². The van der Waals surface area contributed by atoms with Crippen molar-refractivity contribution in [3.63, 3.8) is 0 Å². The first-order valence-corrected chi connectivity index (χ1v) is 10.5. The molecule has 2 atom stereocenters. The second-order valence-corrected chi connectivity index (χ2v) is 9.23. The maximum absolute atomic E-state index is 12.8. The number of morpholine rings is 1. The highest BCUT2D eigenvalue weighted by Gasteiger charge is 2.54. The average Bonchev–Trinajstić information content (AvgIpc) is 2.67. The van der Waals surface area contributed by atoms with E-state index in [1.54, 1.807) is 4.90 Å². The summed E-state index contributed by atoms with van der Waals surface area (Å²) in [7, 11) is 0. The molecule has 1 N–H and O–H groups in total. The molecule has 3 amide bonds. The Labute approximate surface area is 177 Å². The van der Waals surface area contributed by atoms with E-state index in [2.05, 4.69) is 15.3 Å². The zero-order valence-electron chi connectivity index (χ0n) is 16.9. The topological polar surface area (TPSA) is 87.7 Å². The molecule has 31 heavy (non-hydrogen) atoms. The number of alkyl halides is 3. The van der Waals surface area contributed by atoms with E-state index in [0.717, 1.165) is 25.1 Å². The van der Waals surface area contributed by atoms with Crippen LogP contribution in [-0.2, 0) is 22.1 Å². The average molecular weight is 439 g/mol. The Balaban J connectivity index is 1.10. The Bertz CT molecular complexity index is 881. The van der Waals surface area contributed by atoms with Crippen LogP contribution in [0.5, 0.6) is 0 Å². The number of ether oxygens (including phenoxy) is 1. The van der Waals surface area contributed by atoms with Crippen molar-refractivity contribution in [1.29, 1.82) is 0 Å². The molecule has 4 aliphatic rings. The van der Waals surface area contributed by atoms with Crippen LogP contribution >= 0.6 is 0 Å². The highest BCUT2D eigenvalue weighted by Crippen LogP contribution is 2.53. The van der Waals surface area contributed by atoms with Crippen molar-refractivity contribution in [3.05, 3.63) is 23.8 Å². The molecule has 0 unspecified atom stereocenters. The van der Waals surface area contributed by atoms with E-state index in [4.69, 9.17) is 4.74 Å². The summed E-state index contributed by atoms with van der Waals surface area (Å²) in [5, 5.41) is 2.90. The molecule has 1 spiro atoms. The maximum atomic E-state index is 12.8. The van der Waals surface area contributed by atoms with Gasteiger partial charge < -0.3 is 19.9 Å². The molecule has 3 saturated heterocycles. The lowest BCUT2D eigenvalue weighted by Gasteiger charge is -2.60. The van der Waals surface area contributed by atoms with Gasteiger partial charge in [-0.1, -0.05) is 0 Å². The van der Waals surface area contributed by atoms with Crippen LogP contribution in [0.1, 0.15) is 30.8 Å². The monoisotopic (exact) mass is 439 g/mol. The van der Waals surface area contributed by atoms with Gasteiger partial charge in [-0.25, -0.2) is 14.8 Å². The van der Waals surface area contributed by atoms with Gasteiger partial charge in [0.2, 0.25) is 5.91 Å². The van der Waals surface area contributed by atoms with Crippen molar-refractivity contribution in [2.75, 3.05) is 32.8 Å². The minimum absolute atomic E-state index is 0.0199. The van der Waals surface area contributed by atoms with Crippen LogP contribution in [0, 0.1) is 11.3 Å². The molecule has 3 aliphatic heterocycles. The molecule has 1 saturated carbocycles. The lowest BCUT2D eigenvalue weighted by molar-refractivity contribution is -0.141. The number of carbonyl (C=O) groups excluding carboxylic acids is 2. The van der Waals surface area contributed by atoms with Gasteiger partial charge in [0.25, 0.3) is 0 Å². The molecular weight excluding hydrogens is 415 g/mol.